The molecule has 0 amide bonds. The molecular weight excluding hydrogens is 236 g/mol. The number of epoxide rings is 1. The molecule has 0 aromatic heterocycles. The van der Waals surface area contributed by atoms with Gasteiger partial charge in [0.25, 0.3) is 0 Å². The Morgan fingerprint density at radius 2 is 2.06 bits per heavy atom. The van der Waals surface area contributed by atoms with Gasteiger partial charge in [-0.15, -0.1) is 0 Å². The van der Waals surface area contributed by atoms with Crippen molar-refractivity contribution in [3.63, 3.8) is 0 Å². The van der Waals surface area contributed by atoms with E-state index in [2.05, 4.69) is 6.92 Å². The molecule has 17 heavy (non-hydrogen) atoms. The molecule has 1 saturated heterocycles. The van der Waals surface area contributed by atoms with Crippen molar-refractivity contribution >= 4 is 9.84 Å². The number of sulfone groups is 1. The van der Waals surface area contributed by atoms with Crippen molar-refractivity contribution < 1.29 is 13.2 Å². The van der Waals surface area contributed by atoms with E-state index in [0.29, 0.717) is 17.1 Å². The van der Waals surface area contributed by atoms with Crippen LogP contribution in [0.15, 0.2) is 29.2 Å². The second-order valence-corrected chi connectivity index (χ2v) is 6.60. The zero-order valence-corrected chi connectivity index (χ0v) is 11.0. The summed E-state index contributed by atoms with van der Waals surface area (Å²) in [7, 11) is -3.09. The first-order valence-electron chi connectivity index (χ1n) is 5.95. The van der Waals surface area contributed by atoms with Gasteiger partial charge in [-0.25, -0.2) is 8.42 Å². The molecule has 1 heterocycles. The molecule has 4 heteroatoms. The van der Waals surface area contributed by atoms with Crippen LogP contribution in [-0.4, -0.2) is 26.9 Å². The van der Waals surface area contributed by atoms with E-state index in [9.17, 15) is 8.42 Å². The lowest BCUT2D eigenvalue weighted by Gasteiger charge is -2.02. The molecule has 2 rings (SSSR count). The maximum atomic E-state index is 11.4. The second kappa shape index (κ2) is 4.78. The zero-order valence-electron chi connectivity index (χ0n) is 10.2. The van der Waals surface area contributed by atoms with Crippen molar-refractivity contribution in [1.29, 1.82) is 0 Å². The summed E-state index contributed by atoms with van der Waals surface area (Å²) in [4.78, 5) is 0.402. The fourth-order valence-corrected chi connectivity index (χ4v) is 2.72. The Hall–Kier alpha value is -0.870. The highest BCUT2D eigenvalue weighted by Gasteiger charge is 2.35. The van der Waals surface area contributed by atoms with Crippen LogP contribution in [0.3, 0.4) is 0 Å². The van der Waals surface area contributed by atoms with Crippen LogP contribution in [-0.2, 0) is 21.0 Å². The molecule has 1 fully saturated rings. The summed E-state index contributed by atoms with van der Waals surface area (Å²) < 4.78 is 28.3. The van der Waals surface area contributed by atoms with Gasteiger partial charge < -0.3 is 4.74 Å². The van der Waals surface area contributed by atoms with E-state index in [-0.39, 0.29) is 0 Å². The van der Waals surface area contributed by atoms with Gasteiger partial charge in [-0.05, 0) is 37.0 Å². The summed E-state index contributed by atoms with van der Waals surface area (Å²) in [5.74, 6) is 0. The second-order valence-electron chi connectivity index (χ2n) is 4.58. The van der Waals surface area contributed by atoms with Gasteiger partial charge in [0, 0.05) is 6.26 Å². The van der Waals surface area contributed by atoms with Crippen LogP contribution in [0.5, 0.6) is 0 Å². The normalized spacial score (nSPS) is 23.6. The lowest BCUT2D eigenvalue weighted by Crippen LogP contribution is -1.99. The quantitative estimate of drug-likeness (QED) is 0.757. The van der Waals surface area contributed by atoms with Gasteiger partial charge in [0.15, 0.2) is 9.84 Å². The van der Waals surface area contributed by atoms with Gasteiger partial charge >= 0.3 is 0 Å². The fraction of sp³-hybridized carbons (Fsp3) is 0.538. The van der Waals surface area contributed by atoms with E-state index in [1.807, 2.05) is 6.07 Å². The van der Waals surface area contributed by atoms with Crippen LogP contribution >= 0.6 is 0 Å². The van der Waals surface area contributed by atoms with Gasteiger partial charge in [-0.3, -0.25) is 0 Å². The Labute approximate surface area is 103 Å². The Bertz CT molecular complexity index is 493. The van der Waals surface area contributed by atoms with E-state index in [1.165, 1.54) is 6.26 Å². The lowest BCUT2D eigenvalue weighted by atomic mass is 10.1. The summed E-state index contributed by atoms with van der Waals surface area (Å²) in [6.07, 6.45) is 4.96. The molecule has 0 saturated carbocycles. The first kappa shape index (κ1) is 12.6. The molecule has 1 aliphatic rings. The van der Waals surface area contributed by atoms with Gasteiger partial charge in [0.2, 0.25) is 0 Å². The predicted molar refractivity (Wildman–Crippen MR) is 66.8 cm³/mol. The molecule has 0 N–H and O–H groups in total. The predicted octanol–water partition coefficient (Wildman–Crippen LogP) is 2.20. The molecule has 0 aliphatic carbocycles. The van der Waals surface area contributed by atoms with Gasteiger partial charge in [-0.2, -0.15) is 0 Å². The maximum Gasteiger partial charge on any atom is 0.175 e. The Morgan fingerprint density at radius 3 is 2.65 bits per heavy atom. The van der Waals surface area contributed by atoms with Crippen molar-refractivity contribution in [3.8, 4) is 0 Å². The minimum atomic E-state index is -3.09. The minimum absolute atomic E-state index is 0.377. The Balaban J connectivity index is 1.98. The molecule has 3 nitrogen and oxygen atoms in total. The summed E-state index contributed by atoms with van der Waals surface area (Å²) in [6, 6.07) is 7.18. The monoisotopic (exact) mass is 254 g/mol. The number of rotatable bonds is 5. The van der Waals surface area contributed by atoms with Crippen molar-refractivity contribution in [2.45, 2.75) is 43.3 Å². The molecule has 1 aromatic rings. The molecule has 0 radical (unpaired) electrons. The average Bonchev–Trinajstić information content (AvgIpc) is 3.04. The number of aryl methyl sites for hydroxylation is 1. The molecule has 0 bridgehead atoms. The van der Waals surface area contributed by atoms with E-state index in [1.54, 1.807) is 18.2 Å². The van der Waals surface area contributed by atoms with Crippen LogP contribution in [0.25, 0.3) is 0 Å². The van der Waals surface area contributed by atoms with Crippen molar-refractivity contribution in [2.75, 3.05) is 6.26 Å². The van der Waals surface area contributed by atoms with Gasteiger partial charge in [0.05, 0.1) is 17.1 Å². The lowest BCUT2D eigenvalue weighted by molar-refractivity contribution is 0.360. The molecule has 1 aromatic carbocycles. The summed E-state index contributed by atoms with van der Waals surface area (Å²) >= 11 is 0. The smallest absolute Gasteiger partial charge is 0.175 e. The van der Waals surface area contributed by atoms with Crippen molar-refractivity contribution in [2.24, 2.45) is 0 Å². The third-order valence-corrected chi connectivity index (χ3v) is 4.24. The van der Waals surface area contributed by atoms with Gasteiger partial charge in [-0.1, -0.05) is 19.1 Å². The number of hydrogen-bond donors (Lipinski definition) is 0. The molecule has 2 atom stereocenters. The Morgan fingerprint density at radius 1 is 1.29 bits per heavy atom. The highest BCUT2D eigenvalue weighted by atomic mass is 32.2. The van der Waals surface area contributed by atoms with Crippen LogP contribution in [0.4, 0.5) is 0 Å². The van der Waals surface area contributed by atoms with Gasteiger partial charge in [0.1, 0.15) is 0 Å². The average molecular weight is 254 g/mol. The first-order valence-corrected chi connectivity index (χ1v) is 7.84. The molecule has 1 aliphatic heterocycles. The van der Waals surface area contributed by atoms with Crippen LogP contribution in [0.2, 0.25) is 0 Å². The largest absolute Gasteiger partial charge is 0.370 e. The highest BCUT2D eigenvalue weighted by Crippen LogP contribution is 2.29. The van der Waals surface area contributed by atoms with E-state index in [0.717, 1.165) is 24.8 Å². The third kappa shape index (κ3) is 3.30. The minimum Gasteiger partial charge on any atom is -0.370 e. The van der Waals surface area contributed by atoms with Crippen molar-refractivity contribution in [1.82, 2.24) is 0 Å². The van der Waals surface area contributed by atoms with Crippen LogP contribution < -0.4 is 0 Å². The van der Waals surface area contributed by atoms with Crippen molar-refractivity contribution in [3.05, 3.63) is 29.8 Å². The maximum absolute atomic E-state index is 11.4. The van der Waals surface area contributed by atoms with E-state index in [4.69, 9.17) is 4.74 Å². The summed E-state index contributed by atoms with van der Waals surface area (Å²) in [5.41, 5.74) is 1.07. The highest BCUT2D eigenvalue weighted by molar-refractivity contribution is 7.90. The molecule has 0 spiro atoms. The molecular formula is C13H18O3S. The van der Waals surface area contributed by atoms with Crippen LogP contribution in [0.1, 0.15) is 25.3 Å². The van der Waals surface area contributed by atoms with Crippen LogP contribution in [0, 0.1) is 0 Å². The SMILES string of the molecule is CCC1OC1CCc1cccc(S(C)(=O)=O)c1. The number of hydrogen-bond acceptors (Lipinski definition) is 3. The first-order chi connectivity index (χ1) is 8.00. The zero-order chi connectivity index (χ0) is 12.5. The standard InChI is InChI=1S/C13H18O3S/c1-3-12-13(16-12)8-7-10-5-4-6-11(9-10)17(2,14)15/h4-6,9,12-13H,3,7-8H2,1-2H3. The fourth-order valence-electron chi connectivity index (χ4n) is 2.03. The summed E-state index contributed by atoms with van der Waals surface area (Å²) in [6.45, 7) is 2.12. The topological polar surface area (TPSA) is 46.7 Å². The molecule has 2 unspecified atom stereocenters. The number of ether oxygens (including phenoxy) is 1. The Kier molecular flexibility index (Phi) is 3.54. The van der Waals surface area contributed by atoms with E-state index < -0.39 is 9.84 Å². The van der Waals surface area contributed by atoms with E-state index >= 15 is 0 Å². The number of benzene rings is 1. The molecule has 94 valence electrons. The summed E-state index contributed by atoms with van der Waals surface area (Å²) in [5, 5.41) is 0. The third-order valence-electron chi connectivity index (χ3n) is 3.13.